The zero-order valence-electron chi connectivity index (χ0n) is 22.2. The van der Waals surface area contributed by atoms with Crippen LogP contribution in [0, 0.1) is 11.3 Å². The number of methoxy groups -OCH3 is 4. The summed E-state index contributed by atoms with van der Waals surface area (Å²) in [6.45, 7) is 6.06. The monoisotopic (exact) mass is 509 g/mol. The van der Waals surface area contributed by atoms with Crippen molar-refractivity contribution >= 4 is 17.6 Å². The SMILES string of the molecule is C=C(C)C(=O)OCCCCCCOc1c(OC)cc(/C=C(\C#N)c2ccc(OC)c(OC)c2)cc1OC. The summed E-state index contributed by atoms with van der Waals surface area (Å²) in [5.41, 5.74) is 2.25. The molecular weight excluding hydrogens is 474 g/mol. The Kier molecular flexibility index (Phi) is 11.9. The van der Waals surface area contributed by atoms with Gasteiger partial charge in [0, 0.05) is 5.57 Å². The predicted molar refractivity (Wildman–Crippen MR) is 142 cm³/mol. The molecule has 2 aromatic rings. The van der Waals surface area contributed by atoms with Gasteiger partial charge in [0.15, 0.2) is 23.0 Å². The van der Waals surface area contributed by atoms with E-state index in [0.29, 0.717) is 58.7 Å². The maximum atomic E-state index is 11.4. The second-order valence-electron chi connectivity index (χ2n) is 8.17. The quantitative estimate of drug-likeness (QED) is 0.0971. The summed E-state index contributed by atoms with van der Waals surface area (Å²) < 4.78 is 32.8. The predicted octanol–water partition coefficient (Wildman–Crippen LogP) is 5.84. The molecule has 0 saturated carbocycles. The second kappa shape index (κ2) is 15.1. The topological polar surface area (TPSA) is 96.2 Å². The number of nitriles is 1. The lowest BCUT2D eigenvalue weighted by Crippen LogP contribution is -2.06. The first-order valence-electron chi connectivity index (χ1n) is 11.9. The number of ether oxygens (including phenoxy) is 6. The van der Waals surface area contributed by atoms with Crippen LogP contribution in [0.15, 0.2) is 42.5 Å². The molecule has 0 aliphatic carbocycles. The maximum absolute atomic E-state index is 11.4. The number of rotatable bonds is 15. The Morgan fingerprint density at radius 1 is 0.865 bits per heavy atom. The first-order chi connectivity index (χ1) is 17.9. The van der Waals surface area contributed by atoms with Gasteiger partial charge in [0.25, 0.3) is 0 Å². The van der Waals surface area contributed by atoms with E-state index >= 15 is 0 Å². The number of hydrogen-bond acceptors (Lipinski definition) is 8. The van der Waals surface area contributed by atoms with Crippen LogP contribution < -0.4 is 23.7 Å². The van der Waals surface area contributed by atoms with Crippen LogP contribution in [0.25, 0.3) is 11.6 Å². The average Bonchev–Trinajstić information content (AvgIpc) is 2.92. The van der Waals surface area contributed by atoms with Crippen LogP contribution in [-0.2, 0) is 9.53 Å². The van der Waals surface area contributed by atoms with Crippen molar-refractivity contribution in [3.8, 4) is 34.8 Å². The lowest BCUT2D eigenvalue weighted by molar-refractivity contribution is -0.139. The molecule has 0 aliphatic rings. The molecule has 198 valence electrons. The minimum Gasteiger partial charge on any atom is -0.493 e. The van der Waals surface area contributed by atoms with Gasteiger partial charge in [-0.2, -0.15) is 5.26 Å². The molecule has 2 rings (SSSR count). The smallest absolute Gasteiger partial charge is 0.333 e. The van der Waals surface area contributed by atoms with Crippen molar-refractivity contribution in [2.24, 2.45) is 0 Å². The van der Waals surface area contributed by atoms with Crippen molar-refractivity contribution in [3.63, 3.8) is 0 Å². The third kappa shape index (κ3) is 8.50. The van der Waals surface area contributed by atoms with Gasteiger partial charge >= 0.3 is 5.97 Å². The van der Waals surface area contributed by atoms with Crippen LogP contribution in [0.4, 0.5) is 0 Å². The highest BCUT2D eigenvalue weighted by molar-refractivity contribution is 5.90. The number of carbonyl (C=O) groups is 1. The Labute approximate surface area is 219 Å². The average molecular weight is 510 g/mol. The van der Waals surface area contributed by atoms with Crippen molar-refractivity contribution in [3.05, 3.63) is 53.6 Å². The molecule has 0 spiro atoms. The molecule has 37 heavy (non-hydrogen) atoms. The van der Waals surface area contributed by atoms with Crippen LogP contribution in [0.2, 0.25) is 0 Å². The molecule has 0 atom stereocenters. The van der Waals surface area contributed by atoms with Gasteiger partial charge in [-0.3, -0.25) is 0 Å². The number of hydrogen-bond donors (Lipinski definition) is 0. The fraction of sp³-hybridized carbons (Fsp3) is 0.379. The third-order valence-corrected chi connectivity index (χ3v) is 5.48. The van der Waals surface area contributed by atoms with Gasteiger partial charge in [-0.1, -0.05) is 6.58 Å². The number of nitrogens with zero attached hydrogens (tertiary/aromatic N) is 1. The fourth-order valence-electron chi connectivity index (χ4n) is 3.50. The van der Waals surface area contributed by atoms with Crippen LogP contribution in [0.1, 0.15) is 43.7 Å². The minimum absolute atomic E-state index is 0.355. The highest BCUT2D eigenvalue weighted by Gasteiger charge is 2.15. The highest BCUT2D eigenvalue weighted by atomic mass is 16.5. The van der Waals surface area contributed by atoms with E-state index < -0.39 is 0 Å². The Hall–Kier alpha value is -4.12. The normalized spacial score (nSPS) is 10.8. The zero-order valence-corrected chi connectivity index (χ0v) is 22.2. The van der Waals surface area contributed by atoms with Gasteiger partial charge in [-0.05, 0) is 80.1 Å². The van der Waals surface area contributed by atoms with Crippen molar-refractivity contribution in [2.75, 3.05) is 41.7 Å². The molecule has 0 N–H and O–H groups in total. The molecule has 2 aromatic carbocycles. The number of benzene rings is 2. The van der Waals surface area contributed by atoms with Crippen molar-refractivity contribution < 1.29 is 33.2 Å². The van der Waals surface area contributed by atoms with Gasteiger partial charge in [-0.25, -0.2) is 4.79 Å². The van der Waals surface area contributed by atoms with E-state index in [9.17, 15) is 10.1 Å². The van der Waals surface area contributed by atoms with E-state index in [0.717, 1.165) is 31.2 Å². The Morgan fingerprint density at radius 3 is 2.00 bits per heavy atom. The van der Waals surface area contributed by atoms with Gasteiger partial charge in [0.2, 0.25) is 5.75 Å². The van der Waals surface area contributed by atoms with E-state index in [4.69, 9.17) is 28.4 Å². The molecule has 8 heteroatoms. The summed E-state index contributed by atoms with van der Waals surface area (Å²) in [5, 5.41) is 9.80. The molecule has 0 aliphatic heterocycles. The summed E-state index contributed by atoms with van der Waals surface area (Å²) in [7, 11) is 6.22. The first-order valence-corrected chi connectivity index (χ1v) is 11.9. The molecule has 0 heterocycles. The number of carbonyl (C=O) groups excluding carboxylic acids is 1. The van der Waals surface area contributed by atoms with Crippen LogP contribution in [-0.4, -0.2) is 47.6 Å². The Morgan fingerprint density at radius 2 is 1.46 bits per heavy atom. The molecule has 0 fully saturated rings. The molecule has 0 radical (unpaired) electrons. The maximum Gasteiger partial charge on any atom is 0.333 e. The van der Waals surface area contributed by atoms with E-state index in [1.165, 1.54) is 0 Å². The molecular formula is C29H35NO7. The number of unbranched alkanes of at least 4 members (excludes halogenated alkanes) is 3. The number of esters is 1. The van der Waals surface area contributed by atoms with E-state index in [1.807, 2.05) is 0 Å². The van der Waals surface area contributed by atoms with Crippen LogP contribution in [0.5, 0.6) is 28.7 Å². The zero-order chi connectivity index (χ0) is 27.2. The Bertz CT molecular complexity index is 1120. The highest BCUT2D eigenvalue weighted by Crippen LogP contribution is 2.40. The second-order valence-corrected chi connectivity index (χ2v) is 8.17. The first kappa shape index (κ1) is 29.1. The van der Waals surface area contributed by atoms with Gasteiger partial charge in [0.1, 0.15) is 0 Å². The largest absolute Gasteiger partial charge is 0.493 e. The Balaban J connectivity index is 2.08. The summed E-state index contributed by atoms with van der Waals surface area (Å²) >= 11 is 0. The molecule has 0 saturated heterocycles. The number of allylic oxidation sites excluding steroid dienone is 1. The minimum atomic E-state index is -0.355. The van der Waals surface area contributed by atoms with Crippen molar-refractivity contribution in [2.45, 2.75) is 32.6 Å². The van der Waals surface area contributed by atoms with Crippen LogP contribution >= 0.6 is 0 Å². The summed E-state index contributed by atoms with van der Waals surface area (Å²) in [6, 6.07) is 11.1. The van der Waals surface area contributed by atoms with Gasteiger partial charge in [0.05, 0.1) is 53.3 Å². The summed E-state index contributed by atoms with van der Waals surface area (Å²) in [5.74, 6) is 2.27. The van der Waals surface area contributed by atoms with Crippen molar-refractivity contribution in [1.82, 2.24) is 0 Å². The third-order valence-electron chi connectivity index (χ3n) is 5.48. The fourth-order valence-corrected chi connectivity index (χ4v) is 3.50. The lowest BCUT2D eigenvalue weighted by Gasteiger charge is -2.15. The van der Waals surface area contributed by atoms with Crippen molar-refractivity contribution in [1.29, 1.82) is 5.26 Å². The van der Waals surface area contributed by atoms with Gasteiger partial charge in [-0.15, -0.1) is 0 Å². The van der Waals surface area contributed by atoms with Gasteiger partial charge < -0.3 is 28.4 Å². The molecule has 0 aromatic heterocycles. The summed E-state index contributed by atoms with van der Waals surface area (Å²) in [4.78, 5) is 11.4. The standard InChI is InChI=1S/C29H35NO7/c1-20(2)29(31)37-14-10-8-7-9-13-36-28-26(34-5)16-21(17-27(28)35-6)15-23(19-30)22-11-12-24(32-3)25(18-22)33-4/h11-12,15-18H,1,7-10,13-14H2,2-6H3/b23-15+. The summed E-state index contributed by atoms with van der Waals surface area (Å²) in [6.07, 6.45) is 5.19. The van der Waals surface area contributed by atoms with E-state index in [1.54, 1.807) is 71.8 Å². The molecule has 0 amide bonds. The van der Waals surface area contributed by atoms with E-state index in [2.05, 4.69) is 12.6 Å². The molecule has 8 nitrogen and oxygen atoms in total. The van der Waals surface area contributed by atoms with Crippen LogP contribution in [0.3, 0.4) is 0 Å². The molecule has 0 unspecified atom stereocenters. The molecule has 0 bridgehead atoms. The lowest BCUT2D eigenvalue weighted by atomic mass is 10.0. The van der Waals surface area contributed by atoms with E-state index in [-0.39, 0.29) is 5.97 Å².